The average Bonchev–Trinajstić information content (AvgIpc) is 2.48. The fraction of sp³-hybridized carbons (Fsp3) is 0.958. The Morgan fingerprint density at radius 3 is 0.581 bits per heavy atom. The van der Waals surface area contributed by atoms with Gasteiger partial charge < -0.3 is 37.0 Å². The molecule has 0 saturated heterocycles. The van der Waals surface area contributed by atoms with Crippen LogP contribution in [-0.4, -0.2) is 85.1 Å². The van der Waals surface area contributed by atoms with E-state index in [1.54, 1.807) is 0 Å². The van der Waals surface area contributed by atoms with Crippen LogP contribution in [0.2, 0.25) is 144 Å². The monoisotopic (exact) mass is 781 g/mol. The summed E-state index contributed by atoms with van der Waals surface area (Å²) in [7, 11) is -26.6. The van der Waals surface area contributed by atoms with E-state index in [-0.39, 0.29) is 0 Å². The largest absolute Gasteiger partial charge is 0.478 e. The first-order valence-corrected chi connectivity index (χ1v) is 44.6. The lowest BCUT2D eigenvalue weighted by atomic mass is 10.6. The zero-order valence-electron chi connectivity index (χ0n) is 31.8. The van der Waals surface area contributed by atoms with Gasteiger partial charge in [0, 0.05) is 25.7 Å². The molecule has 0 saturated carbocycles. The zero-order chi connectivity index (χ0) is 34.8. The molecule has 0 aromatic carbocycles. The highest BCUT2D eigenvalue weighted by Gasteiger charge is 2.62. The summed E-state index contributed by atoms with van der Waals surface area (Å²) < 4.78 is 63.1. The SMILES string of the molecule is [CH2]CC[Si](O[Si](C)(O[Si](C)(C)C)O[Si](C)(C)C)(O[Si](C)(O[Si](C)(C)C)O[Si](C)(C)C)O[Si](C)(O[Si](C)(C)C)O[Si](C)(C)C. The molecule has 0 aliphatic carbocycles. The number of hydrogen-bond donors (Lipinski definition) is 0. The summed E-state index contributed by atoms with van der Waals surface area (Å²) >= 11 is 0. The van der Waals surface area contributed by atoms with Gasteiger partial charge in [0.05, 0.1) is 0 Å². The fourth-order valence-corrected chi connectivity index (χ4v) is 46.4. The quantitative estimate of drug-likeness (QED) is 0.112. The third kappa shape index (κ3) is 21.4. The first-order valence-electron chi connectivity index (χ1n) is 15.5. The van der Waals surface area contributed by atoms with E-state index >= 15 is 0 Å². The highest BCUT2D eigenvalue weighted by Crippen LogP contribution is 2.37. The Balaban J connectivity index is 7.62. The summed E-state index contributed by atoms with van der Waals surface area (Å²) in [5, 5.41) is 0. The van der Waals surface area contributed by atoms with Crippen LogP contribution >= 0.6 is 0 Å². The molecular formula is C24H69O9Si10. The smallest absolute Gasteiger partial charge is 0.417 e. The van der Waals surface area contributed by atoms with Crippen molar-refractivity contribution >= 4 is 85.1 Å². The summed E-state index contributed by atoms with van der Waals surface area (Å²) in [5.41, 5.74) is 0. The molecule has 0 aromatic heterocycles. The standard InChI is InChI=1S/C24H69O9Si10/c1-23-24-43(31-40(20,25-34(2,3)4)26-35(5,6)7,32-41(21,27-36(8,9)10)28-37(11,12)13)33-42(22,29-38(14,15)16)30-39(17,18)19/h1,23-24H2,2-22H3. The van der Waals surface area contributed by atoms with E-state index < -0.39 is 85.1 Å². The van der Waals surface area contributed by atoms with E-state index in [9.17, 15) is 0 Å². The second kappa shape index (κ2) is 15.1. The lowest BCUT2D eigenvalue weighted by Gasteiger charge is -2.49. The van der Waals surface area contributed by atoms with Crippen LogP contribution in [0.15, 0.2) is 0 Å². The van der Waals surface area contributed by atoms with Crippen LogP contribution in [0.25, 0.3) is 0 Å². The van der Waals surface area contributed by atoms with Crippen LogP contribution in [0.4, 0.5) is 0 Å². The van der Waals surface area contributed by atoms with Gasteiger partial charge in [-0.15, -0.1) is 0 Å². The van der Waals surface area contributed by atoms with Crippen molar-refractivity contribution in [2.75, 3.05) is 0 Å². The van der Waals surface area contributed by atoms with Gasteiger partial charge in [-0.25, -0.2) is 0 Å². The molecule has 43 heavy (non-hydrogen) atoms. The van der Waals surface area contributed by atoms with Crippen molar-refractivity contribution in [3.63, 3.8) is 0 Å². The van der Waals surface area contributed by atoms with Gasteiger partial charge in [0.25, 0.3) is 0 Å². The van der Waals surface area contributed by atoms with Gasteiger partial charge in [0.2, 0.25) is 0 Å². The van der Waals surface area contributed by atoms with Gasteiger partial charge >= 0.3 is 35.2 Å². The molecule has 0 unspecified atom stereocenters. The maximum atomic E-state index is 7.30. The molecule has 0 spiro atoms. The van der Waals surface area contributed by atoms with Crippen molar-refractivity contribution in [1.29, 1.82) is 0 Å². The zero-order valence-corrected chi connectivity index (χ0v) is 41.8. The summed E-state index contributed by atoms with van der Waals surface area (Å²) in [6.07, 6.45) is 0.519. The van der Waals surface area contributed by atoms with Gasteiger partial charge in [-0.2, -0.15) is 0 Å². The molecule has 259 valence electrons. The molecule has 1 radical (unpaired) electrons. The maximum Gasteiger partial charge on any atom is 0.478 e. The third-order valence-corrected chi connectivity index (χ3v) is 37.2. The van der Waals surface area contributed by atoms with Crippen molar-refractivity contribution in [1.82, 2.24) is 0 Å². The van der Waals surface area contributed by atoms with Gasteiger partial charge in [-0.3, -0.25) is 0 Å². The van der Waals surface area contributed by atoms with E-state index in [1.165, 1.54) is 0 Å². The Labute approximate surface area is 277 Å². The molecular weight excluding hydrogens is 713 g/mol. The molecule has 0 aromatic rings. The topological polar surface area (TPSA) is 83.1 Å². The van der Waals surface area contributed by atoms with Gasteiger partial charge in [0.1, 0.15) is 0 Å². The van der Waals surface area contributed by atoms with E-state index in [4.69, 9.17) is 37.0 Å². The van der Waals surface area contributed by atoms with Gasteiger partial charge in [0.15, 0.2) is 49.9 Å². The van der Waals surface area contributed by atoms with Crippen molar-refractivity contribution in [3.8, 4) is 0 Å². The van der Waals surface area contributed by atoms with E-state index in [0.29, 0.717) is 12.5 Å². The Morgan fingerprint density at radius 2 is 0.465 bits per heavy atom. The molecule has 0 rings (SSSR count). The third-order valence-electron chi connectivity index (χ3n) is 4.46. The van der Waals surface area contributed by atoms with Crippen LogP contribution in [-0.2, 0) is 37.0 Å². The lowest BCUT2D eigenvalue weighted by Crippen LogP contribution is -2.71. The lowest BCUT2D eigenvalue weighted by molar-refractivity contribution is 0.120. The summed E-state index contributed by atoms with van der Waals surface area (Å²) in [5.74, 6) is 0. The molecule has 9 nitrogen and oxygen atoms in total. The molecule has 0 N–H and O–H groups in total. The van der Waals surface area contributed by atoms with Gasteiger partial charge in [-0.1, -0.05) is 6.92 Å². The van der Waals surface area contributed by atoms with Crippen LogP contribution in [0.1, 0.15) is 6.42 Å². The van der Waals surface area contributed by atoms with Crippen molar-refractivity contribution in [2.45, 2.75) is 150 Å². The number of hydrogen-bond acceptors (Lipinski definition) is 9. The Hall–Kier alpha value is 1.81. The Kier molecular flexibility index (Phi) is 15.8. The van der Waals surface area contributed by atoms with Crippen molar-refractivity contribution < 1.29 is 37.0 Å². The summed E-state index contributed by atoms with van der Waals surface area (Å²) in [6.45, 7) is 49.1. The first kappa shape index (κ1) is 44.8. The Morgan fingerprint density at radius 1 is 0.302 bits per heavy atom. The second-order valence-corrected chi connectivity index (χ2v) is 57.2. The molecule has 0 aliphatic heterocycles. The summed E-state index contributed by atoms with van der Waals surface area (Å²) in [4.78, 5) is 0. The predicted molar refractivity (Wildman–Crippen MR) is 205 cm³/mol. The van der Waals surface area contributed by atoms with Crippen LogP contribution in [0.3, 0.4) is 0 Å². The van der Waals surface area contributed by atoms with Crippen molar-refractivity contribution in [3.05, 3.63) is 6.92 Å². The minimum absolute atomic E-state index is 0.430. The Bertz CT molecular complexity index is 714. The molecule has 0 atom stereocenters. The molecule has 0 fully saturated rings. The van der Waals surface area contributed by atoms with Crippen molar-refractivity contribution in [2.24, 2.45) is 0 Å². The maximum absolute atomic E-state index is 7.30. The first-order chi connectivity index (χ1) is 18.4. The van der Waals surface area contributed by atoms with Gasteiger partial charge in [-0.05, 0) is 124 Å². The number of rotatable bonds is 20. The molecule has 0 amide bonds. The molecule has 0 bridgehead atoms. The van der Waals surface area contributed by atoms with Crippen LogP contribution in [0, 0.1) is 6.92 Å². The van der Waals surface area contributed by atoms with E-state index in [0.717, 1.165) is 0 Å². The summed E-state index contributed by atoms with van der Waals surface area (Å²) in [6, 6.07) is 0.430. The molecule has 0 aliphatic rings. The minimum atomic E-state index is -3.79. The highest BCUT2D eigenvalue weighted by molar-refractivity contribution is 6.95. The minimum Gasteiger partial charge on any atom is -0.417 e. The second-order valence-electron chi connectivity index (χ2n) is 17.5. The van der Waals surface area contributed by atoms with E-state index in [2.05, 4.69) is 125 Å². The molecule has 0 heterocycles. The average molecular weight is 783 g/mol. The molecule has 19 heteroatoms. The normalized spacial score (nSPS) is 15.8. The van der Waals surface area contributed by atoms with Crippen LogP contribution in [0.5, 0.6) is 0 Å². The van der Waals surface area contributed by atoms with E-state index in [1.807, 2.05) is 19.6 Å². The fourth-order valence-electron chi connectivity index (χ4n) is 4.80. The predicted octanol–water partition coefficient (Wildman–Crippen LogP) is 9.01. The van der Waals surface area contributed by atoms with Crippen LogP contribution < -0.4 is 0 Å². The highest BCUT2D eigenvalue weighted by atomic mass is 28.6.